The second kappa shape index (κ2) is 4.45. The molecule has 2 rings (SSSR count). The minimum Gasteiger partial charge on any atom is -0.390 e. The molecule has 0 amide bonds. The Labute approximate surface area is 104 Å². The van der Waals surface area contributed by atoms with Crippen molar-refractivity contribution in [3.8, 4) is 0 Å². The molecule has 0 radical (unpaired) electrons. The molecule has 1 heterocycles. The molecule has 0 atom stereocenters. The zero-order chi connectivity index (χ0) is 12.5. The lowest BCUT2D eigenvalue weighted by molar-refractivity contribution is -0.0322. The van der Waals surface area contributed by atoms with Crippen LogP contribution < -0.4 is 0 Å². The largest absolute Gasteiger partial charge is 0.390 e. The number of hydrogen-bond donors (Lipinski definition) is 1. The molecule has 3 heteroatoms. The van der Waals surface area contributed by atoms with E-state index in [0.29, 0.717) is 5.41 Å². The van der Waals surface area contributed by atoms with Gasteiger partial charge in [-0.25, -0.2) is 4.98 Å². The van der Waals surface area contributed by atoms with E-state index in [1.807, 2.05) is 24.0 Å². The maximum atomic E-state index is 10.6. The molecule has 1 fully saturated rings. The molecule has 1 aliphatic carbocycles. The van der Waals surface area contributed by atoms with E-state index in [0.717, 1.165) is 44.3 Å². The minimum absolute atomic E-state index is 0.412. The standard InChI is InChI=1S/C14H24N2O/c1-13(2)6-8-14(17,9-7-13)5-4-12-15-10-11-16(12)3/h10-11,17H,4-9H2,1-3H3. The summed E-state index contributed by atoms with van der Waals surface area (Å²) in [7, 11) is 2.01. The first-order valence-electron chi connectivity index (χ1n) is 6.59. The number of hydrogen-bond acceptors (Lipinski definition) is 2. The summed E-state index contributed by atoms with van der Waals surface area (Å²) in [5.74, 6) is 1.07. The molecule has 0 unspecified atom stereocenters. The van der Waals surface area contributed by atoms with Crippen molar-refractivity contribution >= 4 is 0 Å². The average Bonchev–Trinajstić information content (AvgIpc) is 2.67. The topological polar surface area (TPSA) is 38.0 Å². The first-order valence-corrected chi connectivity index (χ1v) is 6.59. The van der Waals surface area contributed by atoms with Gasteiger partial charge in [0.25, 0.3) is 0 Å². The first kappa shape index (κ1) is 12.6. The fourth-order valence-electron chi connectivity index (χ4n) is 2.62. The zero-order valence-corrected chi connectivity index (χ0v) is 11.2. The molecule has 1 aliphatic rings. The number of aromatic nitrogens is 2. The first-order chi connectivity index (χ1) is 7.90. The average molecular weight is 236 g/mol. The molecule has 0 saturated heterocycles. The highest BCUT2D eigenvalue weighted by atomic mass is 16.3. The summed E-state index contributed by atoms with van der Waals surface area (Å²) in [4.78, 5) is 4.31. The maximum absolute atomic E-state index is 10.6. The van der Waals surface area contributed by atoms with Gasteiger partial charge in [-0.3, -0.25) is 0 Å². The quantitative estimate of drug-likeness (QED) is 0.876. The molecule has 0 bridgehead atoms. The molecule has 1 saturated carbocycles. The smallest absolute Gasteiger partial charge is 0.108 e. The normalized spacial score (nSPS) is 22.6. The van der Waals surface area contributed by atoms with Crippen LogP contribution in [0.4, 0.5) is 0 Å². The molecule has 1 aromatic rings. The Morgan fingerprint density at radius 2 is 1.94 bits per heavy atom. The van der Waals surface area contributed by atoms with E-state index in [1.54, 1.807) is 0 Å². The lowest BCUT2D eigenvalue weighted by Gasteiger charge is -2.40. The van der Waals surface area contributed by atoms with Crippen LogP contribution in [0.3, 0.4) is 0 Å². The van der Waals surface area contributed by atoms with Crippen molar-refractivity contribution in [1.29, 1.82) is 0 Å². The van der Waals surface area contributed by atoms with Crippen LogP contribution >= 0.6 is 0 Å². The van der Waals surface area contributed by atoms with E-state index in [2.05, 4.69) is 18.8 Å². The number of aliphatic hydroxyl groups is 1. The van der Waals surface area contributed by atoms with E-state index in [1.165, 1.54) is 0 Å². The third-order valence-corrected chi connectivity index (χ3v) is 4.27. The summed E-state index contributed by atoms with van der Waals surface area (Å²) in [6, 6.07) is 0. The van der Waals surface area contributed by atoms with Crippen molar-refractivity contribution in [1.82, 2.24) is 9.55 Å². The van der Waals surface area contributed by atoms with E-state index in [-0.39, 0.29) is 0 Å². The van der Waals surface area contributed by atoms with Crippen molar-refractivity contribution in [2.75, 3.05) is 0 Å². The Kier molecular flexibility index (Phi) is 3.30. The van der Waals surface area contributed by atoms with Crippen LogP contribution in [0.2, 0.25) is 0 Å². The lowest BCUT2D eigenvalue weighted by atomic mass is 9.69. The molecule has 1 N–H and O–H groups in total. The van der Waals surface area contributed by atoms with Crippen LogP contribution in [0.1, 0.15) is 51.8 Å². The molecule has 0 aliphatic heterocycles. The molecule has 3 nitrogen and oxygen atoms in total. The van der Waals surface area contributed by atoms with Gasteiger partial charge in [0, 0.05) is 25.9 Å². The maximum Gasteiger partial charge on any atom is 0.108 e. The fraction of sp³-hybridized carbons (Fsp3) is 0.786. The van der Waals surface area contributed by atoms with Crippen molar-refractivity contribution in [2.24, 2.45) is 12.5 Å². The summed E-state index contributed by atoms with van der Waals surface area (Å²) < 4.78 is 2.04. The van der Waals surface area contributed by atoms with Gasteiger partial charge in [-0.1, -0.05) is 13.8 Å². The van der Waals surface area contributed by atoms with Gasteiger partial charge in [-0.2, -0.15) is 0 Å². The van der Waals surface area contributed by atoms with Gasteiger partial charge in [-0.15, -0.1) is 0 Å². The summed E-state index contributed by atoms with van der Waals surface area (Å²) in [5.41, 5.74) is -0.0447. The number of imidazole rings is 1. The van der Waals surface area contributed by atoms with Crippen LogP contribution in [-0.4, -0.2) is 20.3 Å². The van der Waals surface area contributed by atoms with Crippen molar-refractivity contribution in [2.45, 2.75) is 58.0 Å². The van der Waals surface area contributed by atoms with Gasteiger partial charge in [0.05, 0.1) is 5.60 Å². The third kappa shape index (κ3) is 3.09. The van der Waals surface area contributed by atoms with Gasteiger partial charge in [0.1, 0.15) is 5.82 Å². The van der Waals surface area contributed by atoms with E-state index in [9.17, 15) is 5.11 Å². The Balaban J connectivity index is 1.89. The monoisotopic (exact) mass is 236 g/mol. The van der Waals surface area contributed by atoms with Gasteiger partial charge < -0.3 is 9.67 Å². The van der Waals surface area contributed by atoms with Gasteiger partial charge >= 0.3 is 0 Å². The summed E-state index contributed by atoms with van der Waals surface area (Å²) in [6.07, 6.45) is 9.63. The molecule has 17 heavy (non-hydrogen) atoms. The van der Waals surface area contributed by atoms with Crippen molar-refractivity contribution < 1.29 is 5.11 Å². The molecule has 96 valence electrons. The van der Waals surface area contributed by atoms with Crippen LogP contribution in [0, 0.1) is 5.41 Å². The minimum atomic E-state index is -0.457. The van der Waals surface area contributed by atoms with Crippen LogP contribution in [0.5, 0.6) is 0 Å². The highest BCUT2D eigenvalue weighted by Gasteiger charge is 2.36. The van der Waals surface area contributed by atoms with Gasteiger partial charge in [0.2, 0.25) is 0 Å². The molecule has 0 spiro atoms. The SMILES string of the molecule is Cn1ccnc1CCC1(O)CCC(C)(C)CC1. The van der Waals surface area contributed by atoms with Crippen LogP contribution in [0.25, 0.3) is 0 Å². The van der Waals surface area contributed by atoms with E-state index < -0.39 is 5.60 Å². The third-order valence-electron chi connectivity index (χ3n) is 4.27. The lowest BCUT2D eigenvalue weighted by Crippen LogP contribution is -2.37. The van der Waals surface area contributed by atoms with Crippen molar-refractivity contribution in [3.05, 3.63) is 18.2 Å². The second-order valence-corrected chi connectivity index (χ2v) is 6.34. The van der Waals surface area contributed by atoms with E-state index in [4.69, 9.17) is 0 Å². The summed E-state index contributed by atoms with van der Waals surface area (Å²) in [6.45, 7) is 4.59. The number of nitrogens with zero attached hydrogens (tertiary/aromatic N) is 2. The van der Waals surface area contributed by atoms with Crippen LogP contribution in [0.15, 0.2) is 12.4 Å². The number of rotatable bonds is 3. The highest BCUT2D eigenvalue weighted by Crippen LogP contribution is 2.41. The Bertz CT molecular complexity index is 371. The predicted molar refractivity (Wildman–Crippen MR) is 68.7 cm³/mol. The molecular weight excluding hydrogens is 212 g/mol. The van der Waals surface area contributed by atoms with Crippen LogP contribution in [-0.2, 0) is 13.5 Å². The molecule has 0 aromatic carbocycles. The predicted octanol–water partition coefficient (Wildman–Crippen LogP) is 2.68. The summed E-state index contributed by atoms with van der Waals surface area (Å²) >= 11 is 0. The summed E-state index contributed by atoms with van der Waals surface area (Å²) in [5, 5.41) is 10.6. The zero-order valence-electron chi connectivity index (χ0n) is 11.2. The van der Waals surface area contributed by atoms with Gasteiger partial charge in [-0.05, 0) is 37.5 Å². The Morgan fingerprint density at radius 3 is 2.47 bits per heavy atom. The van der Waals surface area contributed by atoms with E-state index >= 15 is 0 Å². The molecule has 1 aromatic heterocycles. The Hall–Kier alpha value is -0.830. The molecular formula is C14H24N2O. The Morgan fingerprint density at radius 1 is 1.29 bits per heavy atom. The highest BCUT2D eigenvalue weighted by molar-refractivity contribution is 4.96. The second-order valence-electron chi connectivity index (χ2n) is 6.34. The van der Waals surface area contributed by atoms with Crippen molar-refractivity contribution in [3.63, 3.8) is 0 Å². The number of aryl methyl sites for hydroxylation is 2. The van der Waals surface area contributed by atoms with Gasteiger partial charge in [0.15, 0.2) is 0 Å². The fourth-order valence-corrected chi connectivity index (χ4v) is 2.62.